The molecule has 1 rings (SSSR count). The maximum atomic E-state index is 13.0. The molecule has 0 aliphatic carbocycles. The third-order valence-electron chi connectivity index (χ3n) is 4.88. The lowest BCUT2D eigenvalue weighted by Gasteiger charge is -2.48. The zero-order chi connectivity index (χ0) is 28.3. The van der Waals surface area contributed by atoms with Crippen LogP contribution in [0, 0.1) is 12.3 Å². The van der Waals surface area contributed by atoms with Crippen molar-refractivity contribution in [1.29, 1.82) is 0 Å². The quantitative estimate of drug-likeness (QED) is 0.207. The van der Waals surface area contributed by atoms with E-state index in [1.54, 1.807) is 0 Å². The molecule has 1 amide bonds. The third-order valence-corrected chi connectivity index (χ3v) is 6.09. The predicted octanol–water partition coefficient (Wildman–Crippen LogP) is -0.126. The lowest BCUT2D eigenvalue weighted by atomic mass is 9.89. The number of esters is 5. The highest BCUT2D eigenvalue weighted by atomic mass is 32.2. The summed E-state index contributed by atoms with van der Waals surface area (Å²) in [6, 6.07) is -1.22. The van der Waals surface area contributed by atoms with E-state index in [-0.39, 0.29) is 12.2 Å². The van der Waals surface area contributed by atoms with Gasteiger partial charge in [-0.15, -0.1) is 18.2 Å². The number of methoxy groups -OCH3 is 1. The van der Waals surface area contributed by atoms with Crippen molar-refractivity contribution >= 4 is 47.5 Å². The molecule has 0 aromatic carbocycles. The molecule has 1 aliphatic heterocycles. The molecular formula is C23H31NO12S. The first-order chi connectivity index (χ1) is 17.3. The van der Waals surface area contributed by atoms with Gasteiger partial charge in [0, 0.05) is 41.0 Å². The first kappa shape index (κ1) is 31.7. The highest BCUT2D eigenvalue weighted by Gasteiger charge is 2.58. The van der Waals surface area contributed by atoms with Gasteiger partial charge in [-0.1, -0.05) is 5.92 Å². The smallest absolute Gasteiger partial charge is 0.349 e. The van der Waals surface area contributed by atoms with E-state index in [1.165, 1.54) is 6.92 Å². The van der Waals surface area contributed by atoms with E-state index < -0.39 is 77.8 Å². The van der Waals surface area contributed by atoms with Crippen LogP contribution in [0.3, 0.4) is 0 Å². The second-order valence-corrected chi connectivity index (χ2v) is 9.16. The van der Waals surface area contributed by atoms with Gasteiger partial charge < -0.3 is 33.7 Å². The molecule has 6 atom stereocenters. The number of carbonyl (C=O) groups is 6. The van der Waals surface area contributed by atoms with Gasteiger partial charge in [0.2, 0.25) is 10.8 Å². The van der Waals surface area contributed by atoms with Crippen molar-refractivity contribution in [2.75, 3.05) is 19.5 Å². The molecule has 13 nitrogen and oxygen atoms in total. The fraction of sp³-hybridized carbons (Fsp3) is 0.652. The van der Waals surface area contributed by atoms with Crippen LogP contribution in [-0.4, -0.2) is 90.6 Å². The largest absolute Gasteiger partial charge is 0.466 e. The average Bonchev–Trinajstić information content (AvgIpc) is 2.78. The topological polar surface area (TPSA) is 170 Å². The van der Waals surface area contributed by atoms with Crippen LogP contribution >= 0.6 is 11.8 Å². The van der Waals surface area contributed by atoms with Gasteiger partial charge in [-0.3, -0.25) is 24.0 Å². The Labute approximate surface area is 218 Å². The molecule has 206 valence electrons. The van der Waals surface area contributed by atoms with Gasteiger partial charge in [0.15, 0.2) is 12.2 Å². The molecule has 1 heterocycles. The molecule has 14 heteroatoms. The number of nitrogens with one attached hydrogen (secondary N) is 1. The molecule has 1 N–H and O–H groups in total. The van der Waals surface area contributed by atoms with Gasteiger partial charge in [-0.2, -0.15) is 0 Å². The van der Waals surface area contributed by atoms with Crippen LogP contribution < -0.4 is 5.32 Å². The van der Waals surface area contributed by atoms with E-state index in [0.717, 1.165) is 46.6 Å². The van der Waals surface area contributed by atoms with E-state index in [0.29, 0.717) is 0 Å². The predicted molar refractivity (Wildman–Crippen MR) is 126 cm³/mol. The van der Waals surface area contributed by atoms with Gasteiger partial charge >= 0.3 is 29.8 Å². The number of hydrogen-bond donors (Lipinski definition) is 1. The van der Waals surface area contributed by atoms with Gasteiger partial charge in [0.1, 0.15) is 18.8 Å². The van der Waals surface area contributed by atoms with Gasteiger partial charge in [-0.05, 0) is 0 Å². The minimum atomic E-state index is -1.89. The van der Waals surface area contributed by atoms with Crippen molar-refractivity contribution < 1.29 is 57.2 Å². The number of ether oxygens (including phenoxy) is 6. The summed E-state index contributed by atoms with van der Waals surface area (Å²) in [5, 5.41) is 2.58. The summed E-state index contributed by atoms with van der Waals surface area (Å²) in [5.41, 5.74) is 0. The monoisotopic (exact) mass is 545 g/mol. The van der Waals surface area contributed by atoms with Crippen LogP contribution in [0.2, 0.25) is 0 Å². The van der Waals surface area contributed by atoms with Crippen LogP contribution in [0.15, 0.2) is 0 Å². The fourth-order valence-corrected chi connectivity index (χ4v) is 4.68. The molecular weight excluding hydrogens is 514 g/mol. The zero-order valence-electron chi connectivity index (χ0n) is 21.4. The highest BCUT2D eigenvalue weighted by molar-refractivity contribution is 8.01. The molecule has 0 aromatic heterocycles. The summed E-state index contributed by atoms with van der Waals surface area (Å²) in [7, 11) is 1.10. The average molecular weight is 546 g/mol. The summed E-state index contributed by atoms with van der Waals surface area (Å²) in [6.07, 6.45) is -0.630. The summed E-state index contributed by atoms with van der Waals surface area (Å²) < 4.78 is 32.2. The van der Waals surface area contributed by atoms with Crippen molar-refractivity contribution in [2.24, 2.45) is 0 Å². The highest BCUT2D eigenvalue weighted by Crippen LogP contribution is 2.42. The van der Waals surface area contributed by atoms with Crippen molar-refractivity contribution in [3.05, 3.63) is 0 Å². The van der Waals surface area contributed by atoms with E-state index in [9.17, 15) is 28.8 Å². The second kappa shape index (κ2) is 14.4. The fourth-order valence-electron chi connectivity index (χ4n) is 3.71. The van der Waals surface area contributed by atoms with Crippen LogP contribution in [0.5, 0.6) is 0 Å². The maximum Gasteiger partial charge on any atom is 0.349 e. The van der Waals surface area contributed by atoms with Gasteiger partial charge in [0.05, 0.1) is 18.9 Å². The molecule has 1 aliphatic rings. The van der Waals surface area contributed by atoms with Gasteiger partial charge in [0.25, 0.3) is 0 Å². The normalized spacial score (nSPS) is 24.3. The second-order valence-electron chi connectivity index (χ2n) is 7.92. The minimum absolute atomic E-state index is 0.0432. The number of thioether (sulfide) groups is 1. The van der Waals surface area contributed by atoms with Crippen molar-refractivity contribution in [1.82, 2.24) is 5.32 Å². The minimum Gasteiger partial charge on any atom is -0.466 e. The Morgan fingerprint density at radius 2 is 1.65 bits per heavy atom. The first-order valence-corrected chi connectivity index (χ1v) is 12.0. The van der Waals surface area contributed by atoms with E-state index in [4.69, 9.17) is 34.8 Å². The van der Waals surface area contributed by atoms with Crippen molar-refractivity contribution in [3.63, 3.8) is 0 Å². The lowest BCUT2D eigenvalue weighted by molar-refractivity contribution is -0.224. The molecule has 0 aromatic rings. The van der Waals surface area contributed by atoms with E-state index in [2.05, 4.69) is 11.2 Å². The van der Waals surface area contributed by atoms with Crippen LogP contribution in [0.25, 0.3) is 0 Å². The number of rotatable bonds is 11. The Bertz CT molecular complexity index is 931. The molecule has 37 heavy (non-hydrogen) atoms. The summed E-state index contributed by atoms with van der Waals surface area (Å²) in [5.74, 6) is -2.32. The van der Waals surface area contributed by atoms with Crippen LogP contribution in [0.4, 0.5) is 0 Å². The molecule has 0 saturated carbocycles. The van der Waals surface area contributed by atoms with E-state index >= 15 is 0 Å². The van der Waals surface area contributed by atoms with Crippen LogP contribution in [-0.2, 0) is 57.2 Å². The number of hydrogen-bond acceptors (Lipinski definition) is 13. The maximum absolute atomic E-state index is 13.0. The van der Waals surface area contributed by atoms with Crippen molar-refractivity contribution in [2.45, 2.75) is 76.4 Å². The summed E-state index contributed by atoms with van der Waals surface area (Å²) in [6.45, 7) is 4.97. The van der Waals surface area contributed by atoms with E-state index in [1.807, 2.05) is 0 Å². The summed E-state index contributed by atoms with van der Waals surface area (Å²) in [4.78, 5) is 70.7. The first-order valence-electron chi connectivity index (χ1n) is 11.0. The van der Waals surface area contributed by atoms with Crippen LogP contribution in [0.1, 0.15) is 41.0 Å². The van der Waals surface area contributed by atoms with Gasteiger partial charge in [-0.25, -0.2) is 4.79 Å². The standard InChI is InChI=1S/C23H31NO12S/c1-8-9-37-23(22(30)31-7)10-17(33-14(4)27)19(24-12(2)25)21(36-23)20(35-16(6)29)18(34-15(5)28)11-32-13(3)26/h1,17-21H,9-11H2,2-7H3,(H,24,25)/t17-,18+,19+,20+,21+,23-/m0/s1. The Kier molecular flexibility index (Phi) is 12.4. The number of carbonyl (C=O) groups excluding carboxylic acids is 6. The Hall–Kier alpha value is -3.31. The molecule has 1 saturated heterocycles. The number of terminal acetylenes is 1. The zero-order valence-corrected chi connectivity index (χ0v) is 22.2. The van der Waals surface area contributed by atoms with Crippen molar-refractivity contribution in [3.8, 4) is 12.3 Å². The molecule has 0 radical (unpaired) electrons. The molecule has 0 bridgehead atoms. The Balaban J connectivity index is 3.80. The summed E-state index contributed by atoms with van der Waals surface area (Å²) >= 11 is 0.843. The Morgan fingerprint density at radius 3 is 2.11 bits per heavy atom. The molecule has 0 spiro atoms. The molecule has 1 fully saturated rings. The lowest BCUT2D eigenvalue weighted by Crippen LogP contribution is -2.68. The number of amides is 1. The third kappa shape index (κ3) is 9.58. The Morgan fingerprint density at radius 1 is 1.03 bits per heavy atom. The SMILES string of the molecule is C#CCS[C@]1(C(=O)OC)C[C@H](OC(C)=O)[C@@H](NC(C)=O)[C@H]([C@H](OC(C)=O)[C@@H](COC(C)=O)OC(C)=O)O1. The molecule has 0 unspecified atom stereocenters.